The third-order valence-electron chi connectivity index (χ3n) is 6.88. The van der Waals surface area contributed by atoms with Crippen LogP contribution in [-0.4, -0.2) is 94.9 Å². The van der Waals surface area contributed by atoms with Gasteiger partial charge in [-0.25, -0.2) is 9.10 Å². The predicted molar refractivity (Wildman–Crippen MR) is 147 cm³/mol. The van der Waals surface area contributed by atoms with Gasteiger partial charge >= 0.3 is 63.7 Å². The zero-order chi connectivity index (χ0) is 31.0. The van der Waals surface area contributed by atoms with Crippen LogP contribution >= 0.6 is 0 Å². The Morgan fingerprint density at radius 2 is 1.67 bits per heavy atom. The van der Waals surface area contributed by atoms with E-state index in [0.29, 0.717) is 11.3 Å². The molecule has 0 saturated carbocycles. The second kappa shape index (κ2) is 16.1. The van der Waals surface area contributed by atoms with Crippen molar-refractivity contribution in [1.29, 1.82) is 0 Å². The van der Waals surface area contributed by atoms with Crippen LogP contribution in [0.5, 0.6) is 5.75 Å². The summed E-state index contributed by atoms with van der Waals surface area (Å²) in [4.78, 5) is 77.2. The number of urea groups is 1. The smallest absolute Gasteiger partial charge is 1.00 e. The first-order chi connectivity index (χ1) is 19.9. The zero-order valence-electron chi connectivity index (χ0n) is 25.4. The van der Waals surface area contributed by atoms with E-state index in [2.05, 4.69) is 17.6 Å². The van der Waals surface area contributed by atoms with E-state index in [1.54, 1.807) is 6.92 Å². The molecule has 2 unspecified atom stereocenters. The zero-order valence-corrected chi connectivity index (χ0v) is 27.2. The van der Waals surface area contributed by atoms with Crippen molar-refractivity contribution in [2.45, 2.75) is 64.5 Å². The quantitative estimate of drug-likeness (QED) is 0.0402. The Balaban J connectivity index is 0.00000484. The minimum Gasteiger partial charge on any atom is -1.00 e. The first kappa shape index (κ1) is 36.1. The maximum absolute atomic E-state index is 13.2. The number of imide groups is 1. The summed E-state index contributed by atoms with van der Waals surface area (Å²) in [6.07, 6.45) is 5.04. The molecule has 43 heavy (non-hydrogen) atoms. The van der Waals surface area contributed by atoms with E-state index < -0.39 is 64.6 Å². The second-order valence-electron chi connectivity index (χ2n) is 9.84. The molecule has 0 bridgehead atoms. The number of nitrogens with zero attached hydrogens (tertiary/aromatic N) is 3. The minimum absolute atomic E-state index is 0. The largest absolute Gasteiger partial charge is 1.00 e. The molecule has 2 fully saturated rings. The molecule has 0 radical (unpaired) electrons. The van der Waals surface area contributed by atoms with E-state index in [-0.39, 0.29) is 72.7 Å². The number of carbonyl (C=O) groups is 6. The average molecular weight is 634 g/mol. The topological polar surface area (TPSA) is 200 Å². The van der Waals surface area contributed by atoms with Crippen LogP contribution in [0.3, 0.4) is 0 Å². The number of piperazine rings is 1. The Kier molecular flexibility index (Phi) is 13.6. The summed E-state index contributed by atoms with van der Waals surface area (Å²) in [6.45, 7) is 3.51. The van der Waals surface area contributed by atoms with Gasteiger partial charge < -0.3 is 21.7 Å². The number of β-lactam (4-membered cyclic amide) rings is 1. The number of benzene rings is 1. The minimum atomic E-state index is -4.79. The van der Waals surface area contributed by atoms with Gasteiger partial charge in [0, 0.05) is 26.1 Å². The van der Waals surface area contributed by atoms with E-state index in [0.717, 1.165) is 25.7 Å². The van der Waals surface area contributed by atoms with Crippen LogP contribution in [0, 0.1) is 0 Å². The SMILES string of the molecule is CCCCCCCC(=O)Oc1ccc(C(NC(=O)N2CCN(CC)C(=O)C2=O)C(=O)NC2CN(S(=O)(=O)O)C2=O)cc1.[H-].[Na+]. The fourth-order valence-corrected chi connectivity index (χ4v) is 5.11. The van der Waals surface area contributed by atoms with Gasteiger partial charge in [0.1, 0.15) is 17.8 Å². The van der Waals surface area contributed by atoms with Crippen molar-refractivity contribution >= 4 is 45.9 Å². The van der Waals surface area contributed by atoms with Gasteiger partial charge in [0.05, 0.1) is 6.54 Å². The van der Waals surface area contributed by atoms with E-state index in [9.17, 15) is 37.2 Å². The molecular weight excluding hydrogens is 597 g/mol. The molecule has 2 saturated heterocycles. The maximum Gasteiger partial charge on any atom is 1.00 e. The van der Waals surface area contributed by atoms with E-state index in [1.165, 1.54) is 29.2 Å². The molecule has 0 aliphatic carbocycles. The van der Waals surface area contributed by atoms with Crippen LogP contribution in [0.1, 0.15) is 65.4 Å². The van der Waals surface area contributed by atoms with Crippen molar-refractivity contribution in [2.24, 2.45) is 0 Å². The van der Waals surface area contributed by atoms with Crippen molar-refractivity contribution in [3.05, 3.63) is 29.8 Å². The number of hydrogen-bond donors (Lipinski definition) is 3. The number of hydrogen-bond acceptors (Lipinski definition) is 9. The Hall–Kier alpha value is -3.05. The third kappa shape index (κ3) is 9.47. The van der Waals surface area contributed by atoms with Gasteiger partial charge in [-0.3, -0.25) is 33.4 Å². The molecule has 3 N–H and O–H groups in total. The molecule has 1 aromatic carbocycles. The maximum atomic E-state index is 13.2. The van der Waals surface area contributed by atoms with Crippen molar-refractivity contribution in [2.75, 3.05) is 26.2 Å². The summed E-state index contributed by atoms with van der Waals surface area (Å²) in [5.41, 5.74) is 0.171. The van der Waals surface area contributed by atoms with Crippen LogP contribution in [0.25, 0.3) is 0 Å². The molecule has 0 spiro atoms. The Labute approximate surface area is 273 Å². The summed E-state index contributed by atoms with van der Waals surface area (Å²) < 4.78 is 37.0. The number of esters is 1. The molecule has 2 heterocycles. The fraction of sp³-hybridized carbons (Fsp3) is 0.538. The summed E-state index contributed by atoms with van der Waals surface area (Å²) in [5, 5.41) is 4.70. The molecule has 17 heteroatoms. The van der Waals surface area contributed by atoms with Crippen molar-refractivity contribution in [3.8, 4) is 5.75 Å². The third-order valence-corrected chi connectivity index (χ3v) is 7.77. The Morgan fingerprint density at radius 3 is 2.26 bits per heavy atom. The Bertz CT molecular complexity index is 1330. The van der Waals surface area contributed by atoms with Crippen LogP contribution in [0.15, 0.2) is 24.3 Å². The van der Waals surface area contributed by atoms with Gasteiger partial charge in [-0.05, 0) is 31.0 Å². The molecular formula is C26H36N5NaO10S. The number of carbonyl (C=O) groups excluding carboxylic acids is 6. The molecule has 2 atom stereocenters. The van der Waals surface area contributed by atoms with Crippen molar-refractivity contribution in [1.82, 2.24) is 24.7 Å². The van der Waals surface area contributed by atoms with Crippen LogP contribution in [0.4, 0.5) is 4.79 Å². The predicted octanol–water partition coefficient (Wildman–Crippen LogP) is -2.36. The first-order valence-corrected chi connectivity index (χ1v) is 15.1. The monoisotopic (exact) mass is 633 g/mol. The van der Waals surface area contributed by atoms with Crippen molar-refractivity contribution in [3.63, 3.8) is 0 Å². The van der Waals surface area contributed by atoms with Gasteiger partial charge in [-0.1, -0.05) is 44.7 Å². The van der Waals surface area contributed by atoms with Gasteiger partial charge in [0.25, 0.3) is 5.91 Å². The standard InChI is InChI=1S/C26H35N5O10S.Na.H/c1-3-5-6-7-8-9-20(32)41-18-12-10-17(11-13-18)21(22(33)27-19-16-31(23(19)34)42(38,39)40)28-26(37)30-15-14-29(4-2)24(35)25(30)36;;/h10-13,19,21H,3-9,14-16H2,1-2H3,(H,27,33)(H,28,37)(H,38,39,40);;/q;+1;-1. The number of rotatable bonds is 13. The number of unbranched alkanes of at least 4 members (excludes halogenated alkanes) is 4. The molecule has 232 valence electrons. The molecule has 0 aromatic heterocycles. The fourth-order valence-electron chi connectivity index (χ4n) is 4.42. The molecule has 2 aliphatic rings. The number of amides is 6. The normalized spacial score (nSPS) is 17.5. The van der Waals surface area contributed by atoms with E-state index in [1.807, 2.05) is 0 Å². The molecule has 3 rings (SSSR count). The van der Waals surface area contributed by atoms with Gasteiger partial charge in [0.2, 0.25) is 5.91 Å². The first-order valence-electron chi connectivity index (χ1n) is 13.7. The molecule has 1 aromatic rings. The van der Waals surface area contributed by atoms with Crippen molar-refractivity contribution < 1.29 is 77.5 Å². The van der Waals surface area contributed by atoms with E-state index >= 15 is 0 Å². The number of ether oxygens (including phenoxy) is 1. The number of likely N-dealkylation sites (N-methyl/N-ethyl adjacent to an activating group) is 1. The number of nitrogens with one attached hydrogen (secondary N) is 2. The van der Waals surface area contributed by atoms with Gasteiger partial charge in [0.15, 0.2) is 0 Å². The summed E-state index contributed by atoms with van der Waals surface area (Å²) >= 11 is 0. The van der Waals surface area contributed by atoms with Crippen LogP contribution in [-0.2, 0) is 34.3 Å². The van der Waals surface area contributed by atoms with E-state index in [4.69, 9.17) is 9.29 Å². The second-order valence-corrected chi connectivity index (χ2v) is 11.2. The van der Waals surface area contributed by atoms with Gasteiger partial charge in [-0.2, -0.15) is 8.42 Å². The molecule has 6 amide bonds. The summed E-state index contributed by atoms with van der Waals surface area (Å²) in [7, 11) is -4.79. The Morgan fingerprint density at radius 1 is 1.02 bits per heavy atom. The van der Waals surface area contributed by atoms with Crippen LogP contribution in [0.2, 0.25) is 0 Å². The van der Waals surface area contributed by atoms with Crippen LogP contribution < -0.4 is 44.9 Å². The molecule has 2 aliphatic heterocycles. The summed E-state index contributed by atoms with van der Waals surface area (Å²) in [6, 6.07) is 1.75. The summed E-state index contributed by atoms with van der Waals surface area (Å²) in [5.74, 6) is -4.19. The molecule has 15 nitrogen and oxygen atoms in total. The average Bonchev–Trinajstić information content (AvgIpc) is 2.94. The van der Waals surface area contributed by atoms with Gasteiger partial charge in [-0.15, -0.1) is 0 Å².